The number of nitrogens with zero attached hydrogens (tertiary/aromatic N) is 2. The van der Waals surface area contributed by atoms with Crippen molar-refractivity contribution in [1.29, 1.82) is 0 Å². The van der Waals surface area contributed by atoms with Crippen LogP contribution in [0.25, 0.3) is 0 Å². The molecule has 0 aromatic heterocycles. The van der Waals surface area contributed by atoms with Crippen LogP contribution in [0.15, 0.2) is 77.9 Å². The predicted octanol–water partition coefficient (Wildman–Crippen LogP) is 5.19. The Bertz CT molecular complexity index is 1590. The van der Waals surface area contributed by atoms with Gasteiger partial charge in [0.05, 0.1) is 20.4 Å². The zero-order valence-electron chi connectivity index (χ0n) is 24.0. The summed E-state index contributed by atoms with van der Waals surface area (Å²) in [5.41, 5.74) is 0.554. The van der Waals surface area contributed by atoms with Crippen LogP contribution in [0.4, 0.5) is 0 Å². The third kappa shape index (κ3) is 4.05. The Kier molecular flexibility index (Phi) is 6.49. The van der Waals surface area contributed by atoms with Crippen molar-refractivity contribution >= 4 is 23.9 Å². The molecule has 0 bridgehead atoms. The number of carbonyl (C=O) groups excluding carboxylic acids is 3. The number of carbonyl (C=O) groups is 3. The van der Waals surface area contributed by atoms with Gasteiger partial charge in [-0.15, -0.1) is 0 Å². The Labute approximate surface area is 249 Å². The van der Waals surface area contributed by atoms with E-state index in [1.54, 1.807) is 74.0 Å². The Morgan fingerprint density at radius 3 is 2.07 bits per heavy atom. The van der Waals surface area contributed by atoms with E-state index in [4.69, 9.17) is 24.0 Å². The maximum Gasteiger partial charge on any atom is 0.330 e. The topological polar surface area (TPSA) is 104 Å². The summed E-state index contributed by atoms with van der Waals surface area (Å²) in [6.07, 6.45) is 5.13. The largest absolute Gasteiger partial charge is 0.497 e. The molecule has 0 N–H and O–H groups in total. The van der Waals surface area contributed by atoms with Crippen LogP contribution in [-0.4, -0.2) is 55.0 Å². The first-order valence-corrected chi connectivity index (χ1v) is 14.6. The van der Waals surface area contributed by atoms with E-state index in [1.165, 1.54) is 0 Å². The normalized spacial score (nSPS) is 24.6. The smallest absolute Gasteiger partial charge is 0.330 e. The molecule has 2 spiro atoms. The summed E-state index contributed by atoms with van der Waals surface area (Å²) in [5.74, 6) is -2.72. The molecule has 0 unspecified atom stereocenters. The number of methoxy groups -OCH3 is 2. The van der Waals surface area contributed by atoms with Crippen LogP contribution >= 0.6 is 0 Å². The van der Waals surface area contributed by atoms with Gasteiger partial charge in [-0.1, -0.05) is 42.8 Å². The Hall–Kier alpha value is -4.66. The average molecular weight is 581 g/mol. The molecule has 3 heterocycles. The molecule has 1 saturated carbocycles. The zero-order valence-corrected chi connectivity index (χ0v) is 24.0. The Morgan fingerprint density at radius 1 is 0.837 bits per heavy atom. The lowest BCUT2D eigenvalue weighted by Gasteiger charge is -2.47. The fourth-order valence-corrected chi connectivity index (χ4v) is 7.31. The van der Waals surface area contributed by atoms with E-state index in [0.29, 0.717) is 41.0 Å². The summed E-state index contributed by atoms with van der Waals surface area (Å²) in [6.45, 7) is 0. The van der Waals surface area contributed by atoms with E-state index >= 15 is 0 Å². The number of ketones is 1. The van der Waals surface area contributed by atoms with Crippen molar-refractivity contribution in [3.05, 3.63) is 95.1 Å². The summed E-state index contributed by atoms with van der Waals surface area (Å²) < 4.78 is 23.2. The minimum Gasteiger partial charge on any atom is -0.497 e. The molecule has 9 nitrogen and oxygen atoms in total. The van der Waals surface area contributed by atoms with E-state index in [-0.39, 0.29) is 5.78 Å². The van der Waals surface area contributed by atoms with Crippen molar-refractivity contribution in [2.75, 3.05) is 14.2 Å². The third-order valence-corrected chi connectivity index (χ3v) is 9.37. The van der Waals surface area contributed by atoms with Crippen molar-refractivity contribution in [3.63, 3.8) is 0 Å². The van der Waals surface area contributed by atoms with Gasteiger partial charge < -0.3 is 18.9 Å². The van der Waals surface area contributed by atoms with E-state index in [0.717, 1.165) is 24.8 Å². The fraction of sp³-hybridized carbons (Fsp3) is 0.353. The number of esters is 2. The number of hydrogen-bond acceptors (Lipinski definition) is 9. The summed E-state index contributed by atoms with van der Waals surface area (Å²) in [4.78, 5) is 44.0. The van der Waals surface area contributed by atoms with Gasteiger partial charge >= 0.3 is 11.9 Å². The highest BCUT2D eigenvalue weighted by molar-refractivity contribution is 6.09. The second-order valence-electron chi connectivity index (χ2n) is 11.6. The van der Waals surface area contributed by atoms with Crippen LogP contribution in [0.1, 0.15) is 71.1 Å². The van der Waals surface area contributed by atoms with Gasteiger partial charge in [-0.3, -0.25) is 19.4 Å². The minimum absolute atomic E-state index is 0.291. The van der Waals surface area contributed by atoms with Gasteiger partial charge in [0.1, 0.15) is 23.6 Å². The van der Waals surface area contributed by atoms with Gasteiger partial charge in [0.2, 0.25) is 5.41 Å². The number of Topliss-reactive ketones (excluding diaryl/α,β-unsaturated/α-hetero) is 1. The molecule has 3 aliphatic heterocycles. The van der Waals surface area contributed by atoms with Crippen molar-refractivity contribution in [1.82, 2.24) is 5.01 Å². The minimum atomic E-state index is -1.90. The molecule has 2 saturated heterocycles. The maximum atomic E-state index is 14.7. The molecular formula is C34H32N2O7. The molecular weight excluding hydrogens is 548 g/mol. The lowest BCUT2D eigenvalue weighted by atomic mass is 9.65. The summed E-state index contributed by atoms with van der Waals surface area (Å²) in [6, 6.07) is 19.4. The molecule has 0 radical (unpaired) electrons. The standard InChI is InChI=1S/C34H32N2O7/c1-40-24-14-10-21(11-15-24)27-28(29(37)22-12-16-25(41-2)17-13-22)36-30(26-9-5-4-8-23(26)20-35-36)34(27)31(38)42-33(43-32(34)39)18-6-3-7-19-33/h4-5,8-17,20,27-28,30H,3,6-7,18-19H2,1-2H3/t27-,28+,30+/m1/s1. The first-order chi connectivity index (χ1) is 20.9. The second-order valence-corrected chi connectivity index (χ2v) is 11.6. The van der Waals surface area contributed by atoms with Gasteiger partial charge in [0, 0.05) is 24.3 Å². The van der Waals surface area contributed by atoms with Crippen molar-refractivity contribution in [3.8, 4) is 11.5 Å². The maximum absolute atomic E-state index is 14.7. The van der Waals surface area contributed by atoms with Crippen LogP contribution in [0.3, 0.4) is 0 Å². The van der Waals surface area contributed by atoms with Crippen LogP contribution in [0, 0.1) is 5.41 Å². The summed E-state index contributed by atoms with van der Waals surface area (Å²) >= 11 is 0. The van der Waals surface area contributed by atoms with Gasteiger partial charge in [-0.05, 0) is 65.9 Å². The molecule has 9 heteroatoms. The zero-order chi connectivity index (χ0) is 29.8. The van der Waals surface area contributed by atoms with E-state index < -0.39 is 41.1 Å². The summed E-state index contributed by atoms with van der Waals surface area (Å²) in [5, 5.41) is 6.37. The van der Waals surface area contributed by atoms with Gasteiger partial charge in [0.25, 0.3) is 5.79 Å². The van der Waals surface area contributed by atoms with E-state index in [9.17, 15) is 14.4 Å². The van der Waals surface area contributed by atoms with E-state index in [2.05, 4.69) is 0 Å². The Balaban J connectivity index is 1.46. The van der Waals surface area contributed by atoms with Crippen molar-refractivity contribution < 1.29 is 33.3 Å². The van der Waals surface area contributed by atoms with Crippen molar-refractivity contribution in [2.45, 2.75) is 55.9 Å². The fourth-order valence-electron chi connectivity index (χ4n) is 7.31. The highest BCUT2D eigenvalue weighted by atomic mass is 16.7. The van der Waals surface area contributed by atoms with Gasteiger partial charge in [0.15, 0.2) is 5.78 Å². The lowest BCUT2D eigenvalue weighted by Crippen LogP contribution is -2.60. The number of hydrazone groups is 1. The quantitative estimate of drug-likeness (QED) is 0.231. The molecule has 43 heavy (non-hydrogen) atoms. The molecule has 3 atom stereocenters. The third-order valence-electron chi connectivity index (χ3n) is 9.37. The highest BCUT2D eigenvalue weighted by Crippen LogP contribution is 2.63. The number of ether oxygens (including phenoxy) is 4. The predicted molar refractivity (Wildman–Crippen MR) is 156 cm³/mol. The highest BCUT2D eigenvalue weighted by Gasteiger charge is 2.75. The molecule has 7 rings (SSSR count). The molecule has 220 valence electrons. The average Bonchev–Trinajstić information content (AvgIpc) is 3.36. The van der Waals surface area contributed by atoms with E-state index in [1.807, 2.05) is 24.3 Å². The number of rotatable bonds is 5. The molecule has 3 aromatic rings. The molecule has 3 fully saturated rings. The molecule has 1 aliphatic carbocycles. The molecule has 4 aliphatic rings. The SMILES string of the molecule is COc1ccc(C(=O)[C@@H]2[C@@H](c3ccc(OC)cc3)C3(C(=O)OC4(CCCCC4)OC3=O)[C@@H]3c4ccccc4C=NN23)cc1. The molecule has 3 aromatic carbocycles. The number of hydrogen-bond donors (Lipinski definition) is 0. The number of benzene rings is 3. The van der Waals surface area contributed by atoms with Crippen LogP contribution < -0.4 is 9.47 Å². The van der Waals surface area contributed by atoms with Gasteiger partial charge in [-0.2, -0.15) is 5.10 Å². The molecule has 0 amide bonds. The van der Waals surface area contributed by atoms with Crippen LogP contribution in [0.2, 0.25) is 0 Å². The Morgan fingerprint density at radius 2 is 1.44 bits per heavy atom. The monoisotopic (exact) mass is 580 g/mol. The van der Waals surface area contributed by atoms with Gasteiger partial charge in [-0.25, -0.2) is 0 Å². The number of fused-ring (bicyclic) bond motifs is 4. The van der Waals surface area contributed by atoms with Crippen LogP contribution in [0.5, 0.6) is 11.5 Å². The van der Waals surface area contributed by atoms with Crippen molar-refractivity contribution in [2.24, 2.45) is 10.5 Å². The second kappa shape index (κ2) is 10.3. The van der Waals surface area contributed by atoms with Crippen LogP contribution in [-0.2, 0) is 19.1 Å². The lowest BCUT2D eigenvalue weighted by molar-refractivity contribution is -0.273. The first-order valence-electron chi connectivity index (χ1n) is 14.6. The summed E-state index contributed by atoms with van der Waals surface area (Å²) in [7, 11) is 3.12. The first kappa shape index (κ1) is 27.2.